The highest BCUT2D eigenvalue weighted by molar-refractivity contribution is 7.93. The maximum absolute atomic E-state index is 12.9. The smallest absolute Gasteiger partial charge is 0.410 e. The number of hydrogen-bond acceptors (Lipinski definition) is 6. The third-order valence-corrected chi connectivity index (χ3v) is 7.90. The summed E-state index contributed by atoms with van der Waals surface area (Å²) in [5.41, 5.74) is 0.0764. The van der Waals surface area contributed by atoms with Crippen molar-refractivity contribution in [2.75, 3.05) is 25.0 Å². The number of amides is 1. The van der Waals surface area contributed by atoms with Gasteiger partial charge in [-0.25, -0.2) is 13.2 Å². The molecular formula is C21H28N2O4S2. The number of piperidine rings is 1. The molecule has 0 spiro atoms. The van der Waals surface area contributed by atoms with Gasteiger partial charge in [-0.05, 0) is 63.1 Å². The predicted octanol–water partition coefficient (Wildman–Crippen LogP) is 4.64. The predicted molar refractivity (Wildman–Crippen MR) is 115 cm³/mol. The molecule has 8 heteroatoms. The summed E-state index contributed by atoms with van der Waals surface area (Å²) in [6.07, 6.45) is 1.59. The first-order valence-electron chi connectivity index (χ1n) is 9.76. The molecule has 0 bridgehead atoms. The highest BCUT2D eigenvalue weighted by atomic mass is 32.2. The molecule has 0 aliphatic carbocycles. The Labute approximate surface area is 176 Å². The number of likely N-dealkylation sites (tertiary alicyclic amines) is 1. The van der Waals surface area contributed by atoms with Crippen LogP contribution in [0.15, 0.2) is 50.9 Å². The van der Waals surface area contributed by atoms with Crippen molar-refractivity contribution in [2.24, 2.45) is 5.92 Å². The second-order valence-corrected chi connectivity index (χ2v) is 11.3. The van der Waals surface area contributed by atoms with Crippen LogP contribution in [0.1, 0.15) is 33.6 Å². The topological polar surface area (TPSA) is 75.7 Å². The average molecular weight is 437 g/mol. The molecule has 1 aromatic carbocycles. The van der Waals surface area contributed by atoms with E-state index in [1.165, 1.54) is 11.3 Å². The quantitative estimate of drug-likeness (QED) is 0.739. The molecule has 1 unspecified atom stereocenters. The van der Waals surface area contributed by atoms with Gasteiger partial charge in [0.25, 0.3) is 0 Å². The number of nitrogens with one attached hydrogen (secondary N) is 1. The van der Waals surface area contributed by atoms with Crippen molar-refractivity contribution in [3.63, 3.8) is 0 Å². The van der Waals surface area contributed by atoms with Crippen LogP contribution in [0.3, 0.4) is 0 Å². The first-order chi connectivity index (χ1) is 13.7. The number of sulfone groups is 1. The largest absolute Gasteiger partial charge is 0.444 e. The van der Waals surface area contributed by atoms with E-state index in [-0.39, 0.29) is 16.9 Å². The van der Waals surface area contributed by atoms with Gasteiger partial charge in [0.05, 0.1) is 10.6 Å². The SMILES string of the molecule is CC(C)(C)OC(=O)N1CCCC(CNc2ccccc2S(=O)(=O)c2cccs2)C1. The minimum Gasteiger partial charge on any atom is -0.444 e. The Balaban J connectivity index is 1.67. The fourth-order valence-corrected chi connectivity index (χ4v) is 5.90. The first kappa shape index (κ1) is 21.6. The lowest BCUT2D eigenvalue weighted by Gasteiger charge is -2.34. The lowest BCUT2D eigenvalue weighted by Crippen LogP contribution is -2.44. The number of benzene rings is 1. The van der Waals surface area contributed by atoms with E-state index in [1.54, 1.807) is 40.6 Å². The highest BCUT2D eigenvalue weighted by Gasteiger charge is 2.28. The van der Waals surface area contributed by atoms with Crippen molar-refractivity contribution in [1.29, 1.82) is 0 Å². The zero-order chi connectivity index (χ0) is 21.1. The van der Waals surface area contributed by atoms with E-state index < -0.39 is 15.4 Å². The number of ether oxygens (including phenoxy) is 1. The van der Waals surface area contributed by atoms with Gasteiger partial charge in [-0.1, -0.05) is 18.2 Å². The minimum absolute atomic E-state index is 0.230. The summed E-state index contributed by atoms with van der Waals surface area (Å²) in [6.45, 7) is 7.46. The van der Waals surface area contributed by atoms with Crippen LogP contribution in [0.25, 0.3) is 0 Å². The zero-order valence-corrected chi connectivity index (χ0v) is 18.7. The standard InChI is InChI=1S/C21H28N2O4S2/c1-21(2,3)27-20(24)23-12-6-8-16(15-23)14-22-17-9-4-5-10-18(17)29(25,26)19-11-7-13-28-19/h4-5,7,9-11,13,16,22H,6,8,12,14-15H2,1-3H3. The molecule has 29 heavy (non-hydrogen) atoms. The van der Waals surface area contributed by atoms with Crippen molar-refractivity contribution < 1.29 is 17.9 Å². The summed E-state index contributed by atoms with van der Waals surface area (Å²) in [6, 6.07) is 10.3. The Morgan fingerprint density at radius 3 is 2.69 bits per heavy atom. The third kappa shape index (κ3) is 5.51. The first-order valence-corrected chi connectivity index (χ1v) is 12.1. The molecule has 1 amide bonds. The Hall–Kier alpha value is -2.06. The Bertz CT molecular complexity index is 934. The molecule has 0 saturated carbocycles. The van der Waals surface area contributed by atoms with Gasteiger partial charge in [0.15, 0.2) is 0 Å². The number of anilines is 1. The van der Waals surface area contributed by atoms with Crippen LogP contribution in [0, 0.1) is 5.92 Å². The summed E-state index contributed by atoms with van der Waals surface area (Å²) in [5.74, 6) is 0.230. The van der Waals surface area contributed by atoms with Gasteiger partial charge in [-0.3, -0.25) is 0 Å². The Kier molecular flexibility index (Phi) is 6.53. The van der Waals surface area contributed by atoms with Crippen molar-refractivity contribution >= 4 is 33.0 Å². The van der Waals surface area contributed by atoms with Crippen LogP contribution in [-0.4, -0.2) is 44.6 Å². The van der Waals surface area contributed by atoms with Gasteiger partial charge >= 0.3 is 6.09 Å². The molecule has 1 N–H and O–H groups in total. The second kappa shape index (κ2) is 8.75. The number of carbonyl (C=O) groups excluding carboxylic acids is 1. The lowest BCUT2D eigenvalue weighted by atomic mass is 9.98. The highest BCUT2D eigenvalue weighted by Crippen LogP contribution is 2.30. The molecule has 6 nitrogen and oxygen atoms in total. The van der Waals surface area contributed by atoms with Gasteiger partial charge in [-0.15, -0.1) is 11.3 Å². The summed E-state index contributed by atoms with van der Waals surface area (Å²) < 4.78 is 31.7. The second-order valence-electron chi connectivity index (χ2n) is 8.25. The summed E-state index contributed by atoms with van der Waals surface area (Å²) in [4.78, 5) is 14.4. The number of thiophene rings is 1. The van der Waals surface area contributed by atoms with Crippen LogP contribution in [0.5, 0.6) is 0 Å². The fraction of sp³-hybridized carbons (Fsp3) is 0.476. The third-order valence-electron chi connectivity index (χ3n) is 4.69. The van der Waals surface area contributed by atoms with Crippen LogP contribution in [0.4, 0.5) is 10.5 Å². The number of hydrogen-bond donors (Lipinski definition) is 1. The maximum atomic E-state index is 12.9. The number of rotatable bonds is 5. The molecule has 1 aliphatic rings. The molecule has 0 radical (unpaired) electrons. The molecule has 1 fully saturated rings. The van der Waals surface area contributed by atoms with Crippen LogP contribution in [0.2, 0.25) is 0 Å². The molecule has 2 aromatic rings. The van der Waals surface area contributed by atoms with Gasteiger partial charge in [0.1, 0.15) is 9.81 Å². The van der Waals surface area contributed by atoms with Gasteiger partial charge in [0.2, 0.25) is 9.84 Å². The van der Waals surface area contributed by atoms with Crippen molar-refractivity contribution in [3.8, 4) is 0 Å². The van der Waals surface area contributed by atoms with E-state index in [4.69, 9.17) is 4.74 Å². The van der Waals surface area contributed by atoms with E-state index in [2.05, 4.69) is 5.32 Å². The summed E-state index contributed by atoms with van der Waals surface area (Å²) in [7, 11) is -3.55. The van der Waals surface area contributed by atoms with Crippen LogP contribution >= 0.6 is 11.3 Å². The van der Waals surface area contributed by atoms with Crippen LogP contribution < -0.4 is 5.32 Å². The normalized spacial score (nSPS) is 17.8. The van der Waals surface area contributed by atoms with E-state index in [0.717, 1.165) is 12.8 Å². The Morgan fingerprint density at radius 2 is 2.00 bits per heavy atom. The van der Waals surface area contributed by atoms with Crippen molar-refractivity contribution in [3.05, 3.63) is 41.8 Å². The number of para-hydroxylation sites is 1. The number of nitrogens with zero attached hydrogens (tertiary/aromatic N) is 1. The average Bonchev–Trinajstić information content (AvgIpc) is 3.21. The minimum atomic E-state index is -3.55. The van der Waals surface area contributed by atoms with Crippen LogP contribution in [-0.2, 0) is 14.6 Å². The zero-order valence-electron chi connectivity index (χ0n) is 17.1. The molecule has 1 aromatic heterocycles. The fourth-order valence-electron chi connectivity index (χ4n) is 3.35. The van der Waals surface area contributed by atoms with E-state index >= 15 is 0 Å². The monoisotopic (exact) mass is 436 g/mol. The van der Waals surface area contributed by atoms with E-state index in [1.807, 2.05) is 26.8 Å². The lowest BCUT2D eigenvalue weighted by molar-refractivity contribution is 0.0172. The van der Waals surface area contributed by atoms with Crippen molar-refractivity contribution in [1.82, 2.24) is 4.90 Å². The molecular weight excluding hydrogens is 408 g/mol. The number of carbonyl (C=O) groups is 1. The Morgan fingerprint density at radius 1 is 1.24 bits per heavy atom. The molecule has 1 saturated heterocycles. The molecule has 1 aliphatic heterocycles. The molecule has 1 atom stereocenters. The van der Waals surface area contributed by atoms with Crippen molar-refractivity contribution in [2.45, 2.75) is 48.3 Å². The van der Waals surface area contributed by atoms with E-state index in [9.17, 15) is 13.2 Å². The molecule has 158 valence electrons. The van der Waals surface area contributed by atoms with Gasteiger partial charge in [-0.2, -0.15) is 0 Å². The molecule has 2 heterocycles. The summed E-state index contributed by atoms with van der Waals surface area (Å²) in [5, 5.41) is 5.07. The van der Waals surface area contributed by atoms with E-state index in [0.29, 0.717) is 29.5 Å². The van der Waals surface area contributed by atoms with Gasteiger partial charge < -0.3 is 15.0 Å². The van der Waals surface area contributed by atoms with Gasteiger partial charge in [0, 0.05) is 19.6 Å². The summed E-state index contributed by atoms with van der Waals surface area (Å²) >= 11 is 1.21. The molecule has 3 rings (SSSR count). The maximum Gasteiger partial charge on any atom is 0.410 e.